The van der Waals surface area contributed by atoms with E-state index in [1.54, 1.807) is 0 Å². The van der Waals surface area contributed by atoms with Gasteiger partial charge >= 0.3 is 5.97 Å². The Kier molecular flexibility index (Phi) is 3.27. The van der Waals surface area contributed by atoms with Gasteiger partial charge in [0.2, 0.25) is 0 Å². The molecule has 0 spiro atoms. The number of morpholine rings is 1. The van der Waals surface area contributed by atoms with E-state index in [2.05, 4.69) is 4.40 Å². The fourth-order valence-electron chi connectivity index (χ4n) is 1.69. The molecule has 0 aromatic carbocycles. The van der Waals surface area contributed by atoms with Gasteiger partial charge in [0.1, 0.15) is 0 Å². The highest BCUT2D eigenvalue weighted by Gasteiger charge is 2.30. The van der Waals surface area contributed by atoms with Crippen molar-refractivity contribution in [3.63, 3.8) is 0 Å². The minimum Gasteiger partial charge on any atom is -0.477 e. The molecule has 17 heavy (non-hydrogen) atoms. The third kappa shape index (κ3) is 2.71. The molecule has 0 bridgehead atoms. The topological polar surface area (TPSA) is 96.3 Å². The molecule has 0 aromatic rings. The van der Waals surface area contributed by atoms with Crippen LogP contribution in [0.2, 0.25) is 0 Å². The standard InChI is InChI=1S/C9H12N2O5S/c12-9(13)8-5-7(10-17(8,14)15)6-11-1-3-16-4-2-11/h5H,1-4,6H2,(H,12,13). The monoisotopic (exact) mass is 260 g/mol. The summed E-state index contributed by atoms with van der Waals surface area (Å²) in [5.41, 5.74) is 0.268. The van der Waals surface area contributed by atoms with Crippen molar-refractivity contribution in [3.8, 4) is 0 Å². The van der Waals surface area contributed by atoms with Crippen LogP contribution in [0.15, 0.2) is 15.4 Å². The van der Waals surface area contributed by atoms with Crippen molar-refractivity contribution in [2.75, 3.05) is 32.8 Å². The van der Waals surface area contributed by atoms with E-state index in [1.807, 2.05) is 4.90 Å². The lowest BCUT2D eigenvalue weighted by molar-refractivity contribution is -0.131. The summed E-state index contributed by atoms with van der Waals surface area (Å²) in [7, 11) is -3.99. The van der Waals surface area contributed by atoms with Crippen molar-refractivity contribution >= 4 is 21.7 Å². The zero-order chi connectivity index (χ0) is 12.5. The first kappa shape index (κ1) is 12.2. The second-order valence-corrected chi connectivity index (χ2v) is 5.33. The Balaban J connectivity index is 2.10. The second-order valence-electron chi connectivity index (χ2n) is 3.76. The summed E-state index contributed by atoms with van der Waals surface area (Å²) in [6.45, 7) is 2.90. The average Bonchev–Trinajstić information content (AvgIpc) is 2.55. The number of rotatable bonds is 3. The molecule has 1 N–H and O–H groups in total. The van der Waals surface area contributed by atoms with E-state index in [-0.39, 0.29) is 5.71 Å². The maximum Gasteiger partial charge on any atom is 0.349 e. The molecule has 0 radical (unpaired) electrons. The van der Waals surface area contributed by atoms with Crippen molar-refractivity contribution in [3.05, 3.63) is 11.0 Å². The van der Waals surface area contributed by atoms with Crippen LogP contribution in [0.25, 0.3) is 0 Å². The van der Waals surface area contributed by atoms with Crippen molar-refractivity contribution in [1.82, 2.24) is 4.90 Å². The van der Waals surface area contributed by atoms with E-state index in [4.69, 9.17) is 9.84 Å². The molecule has 0 atom stereocenters. The van der Waals surface area contributed by atoms with Crippen LogP contribution in [0.1, 0.15) is 0 Å². The van der Waals surface area contributed by atoms with Gasteiger partial charge in [-0.3, -0.25) is 4.90 Å². The summed E-state index contributed by atoms with van der Waals surface area (Å²) in [6, 6.07) is 0. The fraction of sp³-hybridized carbons (Fsp3) is 0.556. The first-order valence-corrected chi connectivity index (χ1v) is 6.52. The number of hydrogen-bond donors (Lipinski definition) is 1. The fourth-order valence-corrected chi connectivity index (χ4v) is 2.71. The molecule has 1 fully saturated rings. The molecule has 0 saturated carbocycles. The van der Waals surface area contributed by atoms with Gasteiger partial charge in [0.15, 0.2) is 4.91 Å². The summed E-state index contributed by atoms with van der Waals surface area (Å²) in [4.78, 5) is 12.0. The molecular formula is C9H12N2O5S. The Morgan fingerprint density at radius 3 is 2.65 bits per heavy atom. The first-order chi connectivity index (χ1) is 7.99. The van der Waals surface area contributed by atoms with Gasteiger partial charge in [0.25, 0.3) is 10.0 Å². The van der Waals surface area contributed by atoms with E-state index < -0.39 is 20.9 Å². The van der Waals surface area contributed by atoms with Crippen LogP contribution in [0, 0.1) is 0 Å². The van der Waals surface area contributed by atoms with Crippen LogP contribution in [0.4, 0.5) is 0 Å². The third-order valence-electron chi connectivity index (χ3n) is 2.51. The Hall–Kier alpha value is -1.25. The highest BCUT2D eigenvalue weighted by molar-refractivity contribution is 7.95. The number of aliphatic carboxylic acids is 1. The lowest BCUT2D eigenvalue weighted by atomic mass is 10.3. The summed E-state index contributed by atoms with van der Waals surface area (Å²) < 4.78 is 31.4. The predicted molar refractivity (Wildman–Crippen MR) is 59.3 cm³/mol. The highest BCUT2D eigenvalue weighted by Crippen LogP contribution is 2.17. The molecule has 2 aliphatic heterocycles. The van der Waals surface area contributed by atoms with Crippen molar-refractivity contribution < 1.29 is 23.1 Å². The Labute approximate surface area is 98.4 Å². The van der Waals surface area contributed by atoms with Crippen LogP contribution < -0.4 is 0 Å². The van der Waals surface area contributed by atoms with Crippen molar-refractivity contribution in [2.45, 2.75) is 0 Å². The number of ether oxygens (including phenoxy) is 1. The van der Waals surface area contributed by atoms with E-state index >= 15 is 0 Å². The first-order valence-electron chi connectivity index (χ1n) is 5.08. The van der Waals surface area contributed by atoms with Crippen molar-refractivity contribution in [2.24, 2.45) is 4.40 Å². The molecule has 94 valence electrons. The highest BCUT2D eigenvalue weighted by atomic mass is 32.2. The van der Waals surface area contributed by atoms with E-state index in [1.165, 1.54) is 0 Å². The number of nitrogens with zero attached hydrogens (tertiary/aromatic N) is 2. The van der Waals surface area contributed by atoms with E-state index in [9.17, 15) is 13.2 Å². The van der Waals surface area contributed by atoms with Gasteiger partial charge in [-0.05, 0) is 6.08 Å². The van der Waals surface area contributed by atoms with Crippen molar-refractivity contribution in [1.29, 1.82) is 0 Å². The van der Waals surface area contributed by atoms with Gasteiger partial charge < -0.3 is 9.84 Å². The number of sulfonamides is 1. The maximum absolute atomic E-state index is 11.4. The zero-order valence-electron chi connectivity index (χ0n) is 9.00. The predicted octanol–water partition coefficient (Wildman–Crippen LogP) is -0.928. The van der Waals surface area contributed by atoms with Gasteiger partial charge in [-0.1, -0.05) is 0 Å². The molecule has 1 saturated heterocycles. The molecule has 0 amide bonds. The van der Waals surface area contributed by atoms with E-state index in [0.717, 1.165) is 6.08 Å². The summed E-state index contributed by atoms with van der Waals surface area (Å²) in [5.74, 6) is -1.47. The molecule has 8 heteroatoms. The molecule has 0 aromatic heterocycles. The van der Waals surface area contributed by atoms with Gasteiger partial charge in [-0.15, -0.1) is 0 Å². The minimum absolute atomic E-state index is 0.268. The maximum atomic E-state index is 11.4. The summed E-state index contributed by atoms with van der Waals surface area (Å²) in [6.07, 6.45) is 1.12. The van der Waals surface area contributed by atoms with Crippen LogP contribution in [0.3, 0.4) is 0 Å². The van der Waals surface area contributed by atoms with Crippen LogP contribution in [0.5, 0.6) is 0 Å². The quantitative estimate of drug-likeness (QED) is 0.704. The van der Waals surface area contributed by atoms with Crippen LogP contribution in [-0.2, 0) is 19.6 Å². The smallest absolute Gasteiger partial charge is 0.349 e. The lowest BCUT2D eigenvalue weighted by Gasteiger charge is -2.25. The second kappa shape index (κ2) is 4.55. The third-order valence-corrected chi connectivity index (χ3v) is 3.84. The van der Waals surface area contributed by atoms with Gasteiger partial charge in [0, 0.05) is 19.6 Å². The number of hydrogen-bond acceptors (Lipinski definition) is 5. The molecular weight excluding hydrogens is 248 g/mol. The Morgan fingerprint density at radius 1 is 1.47 bits per heavy atom. The Morgan fingerprint density at radius 2 is 2.12 bits per heavy atom. The number of carbonyl (C=O) groups is 1. The van der Waals surface area contributed by atoms with Crippen LogP contribution >= 0.6 is 0 Å². The Bertz CT molecular complexity index is 488. The van der Waals surface area contributed by atoms with Gasteiger partial charge in [0.05, 0.1) is 18.9 Å². The lowest BCUT2D eigenvalue weighted by Crippen LogP contribution is -2.39. The number of carboxylic acid groups (broad SMARTS) is 1. The van der Waals surface area contributed by atoms with Crippen LogP contribution in [-0.4, -0.2) is 63.0 Å². The van der Waals surface area contributed by atoms with E-state index in [0.29, 0.717) is 32.8 Å². The largest absolute Gasteiger partial charge is 0.477 e. The molecule has 2 heterocycles. The van der Waals surface area contributed by atoms with Gasteiger partial charge in [-0.2, -0.15) is 12.8 Å². The SMILES string of the molecule is O=C(O)C1=CC(CN2CCOCC2)=NS1(=O)=O. The summed E-state index contributed by atoms with van der Waals surface area (Å²) in [5, 5.41) is 8.72. The summed E-state index contributed by atoms with van der Waals surface area (Å²) >= 11 is 0. The molecule has 2 aliphatic rings. The average molecular weight is 260 g/mol. The molecule has 0 aliphatic carbocycles. The van der Waals surface area contributed by atoms with Gasteiger partial charge in [-0.25, -0.2) is 4.79 Å². The number of carboxylic acids is 1. The molecule has 0 unspecified atom stereocenters. The normalized spacial score (nSPS) is 24.2. The molecule has 2 rings (SSSR count). The zero-order valence-corrected chi connectivity index (χ0v) is 9.81. The molecule has 7 nitrogen and oxygen atoms in total. The minimum atomic E-state index is -3.99.